The van der Waals surface area contributed by atoms with Gasteiger partial charge in [-0.15, -0.1) is 11.3 Å². The second-order valence-corrected chi connectivity index (χ2v) is 5.86. The predicted octanol–water partition coefficient (Wildman–Crippen LogP) is 1.32. The van der Waals surface area contributed by atoms with E-state index in [2.05, 4.69) is 19.9 Å². The lowest BCUT2D eigenvalue weighted by Gasteiger charge is -2.21. The number of nitrogens with zero attached hydrogens (tertiary/aromatic N) is 3. The Morgan fingerprint density at radius 1 is 1.55 bits per heavy atom. The van der Waals surface area contributed by atoms with E-state index in [-0.39, 0.29) is 18.0 Å². The standard InChI is InChI=1S/C13H17N5OS/c14-6-12-16-10(7-20-12)13(19)17-9-2-1-3-11(9)18-5-4-15-8-18/h4-5,7-9,11H,1-3,6,14H2,(H,17,19). The second-order valence-electron chi connectivity index (χ2n) is 4.92. The fraction of sp³-hybridized carbons (Fsp3) is 0.462. The number of thiazole rings is 1. The van der Waals surface area contributed by atoms with Crippen molar-refractivity contribution in [3.8, 4) is 0 Å². The van der Waals surface area contributed by atoms with E-state index >= 15 is 0 Å². The van der Waals surface area contributed by atoms with Gasteiger partial charge in [0.15, 0.2) is 0 Å². The average Bonchev–Trinajstić information content (AvgIpc) is 3.19. The molecule has 7 heteroatoms. The fourth-order valence-corrected chi connectivity index (χ4v) is 3.34. The van der Waals surface area contributed by atoms with Crippen molar-refractivity contribution in [2.45, 2.75) is 37.9 Å². The molecule has 2 aromatic heterocycles. The van der Waals surface area contributed by atoms with E-state index in [1.165, 1.54) is 11.3 Å². The summed E-state index contributed by atoms with van der Waals surface area (Å²) >= 11 is 1.42. The van der Waals surface area contributed by atoms with Crippen molar-refractivity contribution >= 4 is 17.2 Å². The molecule has 0 radical (unpaired) electrons. The van der Waals surface area contributed by atoms with Gasteiger partial charge in [-0.3, -0.25) is 4.79 Å². The third-order valence-corrected chi connectivity index (χ3v) is 4.53. The van der Waals surface area contributed by atoms with Crippen LogP contribution >= 0.6 is 11.3 Å². The zero-order chi connectivity index (χ0) is 13.9. The van der Waals surface area contributed by atoms with Gasteiger partial charge in [0.25, 0.3) is 5.91 Å². The second kappa shape index (κ2) is 5.72. The summed E-state index contributed by atoms with van der Waals surface area (Å²) in [6.07, 6.45) is 8.69. The molecule has 1 fully saturated rings. The predicted molar refractivity (Wildman–Crippen MR) is 76.4 cm³/mol. The van der Waals surface area contributed by atoms with Crippen molar-refractivity contribution in [2.24, 2.45) is 5.73 Å². The van der Waals surface area contributed by atoms with Crippen LogP contribution in [0.4, 0.5) is 0 Å². The van der Waals surface area contributed by atoms with E-state index < -0.39 is 0 Å². The van der Waals surface area contributed by atoms with Crippen molar-refractivity contribution in [1.82, 2.24) is 19.9 Å². The third-order valence-electron chi connectivity index (χ3n) is 3.66. The van der Waals surface area contributed by atoms with Crippen LogP contribution in [0.2, 0.25) is 0 Å². The van der Waals surface area contributed by atoms with Crippen molar-refractivity contribution < 1.29 is 4.79 Å². The minimum absolute atomic E-state index is 0.113. The summed E-state index contributed by atoms with van der Waals surface area (Å²) in [5.41, 5.74) is 5.98. The lowest BCUT2D eigenvalue weighted by atomic mass is 10.1. The van der Waals surface area contributed by atoms with Crippen LogP contribution in [0.1, 0.15) is 40.8 Å². The Balaban J connectivity index is 1.69. The summed E-state index contributed by atoms with van der Waals surface area (Å²) in [7, 11) is 0. The molecule has 1 aliphatic carbocycles. The van der Waals surface area contributed by atoms with Crippen LogP contribution < -0.4 is 11.1 Å². The molecule has 20 heavy (non-hydrogen) atoms. The number of imidazole rings is 1. The lowest BCUT2D eigenvalue weighted by molar-refractivity contribution is 0.0924. The summed E-state index contributed by atoms with van der Waals surface area (Å²) in [6.45, 7) is 0.374. The summed E-state index contributed by atoms with van der Waals surface area (Å²) in [5, 5.41) is 5.63. The quantitative estimate of drug-likeness (QED) is 0.889. The van der Waals surface area contributed by atoms with Gasteiger partial charge in [-0.05, 0) is 19.3 Å². The zero-order valence-corrected chi connectivity index (χ0v) is 11.8. The number of carbonyl (C=O) groups is 1. The van der Waals surface area contributed by atoms with Crippen LogP contribution in [0.15, 0.2) is 24.1 Å². The van der Waals surface area contributed by atoms with Gasteiger partial charge in [0.05, 0.1) is 12.4 Å². The van der Waals surface area contributed by atoms with E-state index in [0.717, 1.165) is 24.3 Å². The van der Waals surface area contributed by atoms with E-state index in [4.69, 9.17) is 5.73 Å². The van der Waals surface area contributed by atoms with Crippen LogP contribution in [0, 0.1) is 0 Å². The Morgan fingerprint density at radius 2 is 2.45 bits per heavy atom. The maximum Gasteiger partial charge on any atom is 0.271 e. The molecule has 0 saturated heterocycles. The Kier molecular flexibility index (Phi) is 3.79. The molecule has 3 rings (SSSR count). The first kappa shape index (κ1) is 13.3. The number of carbonyl (C=O) groups excluding carboxylic acids is 1. The molecule has 106 valence electrons. The number of nitrogens with two attached hydrogens (primary N) is 1. The van der Waals surface area contributed by atoms with Gasteiger partial charge in [0.2, 0.25) is 0 Å². The molecule has 1 saturated carbocycles. The number of hydrogen-bond donors (Lipinski definition) is 2. The van der Waals surface area contributed by atoms with Gasteiger partial charge < -0.3 is 15.6 Å². The largest absolute Gasteiger partial charge is 0.346 e. The van der Waals surface area contributed by atoms with Crippen LogP contribution in [0.25, 0.3) is 0 Å². The molecular weight excluding hydrogens is 274 g/mol. The highest BCUT2D eigenvalue weighted by molar-refractivity contribution is 7.09. The van der Waals surface area contributed by atoms with Crippen molar-refractivity contribution in [1.29, 1.82) is 0 Å². The maximum absolute atomic E-state index is 12.2. The third kappa shape index (κ3) is 2.59. The first-order chi connectivity index (χ1) is 9.78. The molecule has 2 aromatic rings. The van der Waals surface area contributed by atoms with E-state index in [0.29, 0.717) is 12.2 Å². The SMILES string of the molecule is NCc1nc(C(=O)NC2CCCC2n2ccnc2)cs1. The zero-order valence-electron chi connectivity index (χ0n) is 11.0. The van der Waals surface area contributed by atoms with Crippen LogP contribution in [0.5, 0.6) is 0 Å². The topological polar surface area (TPSA) is 85.8 Å². The molecule has 3 N–H and O–H groups in total. The maximum atomic E-state index is 12.2. The minimum atomic E-state index is -0.113. The van der Waals surface area contributed by atoms with Gasteiger partial charge in [0.1, 0.15) is 10.7 Å². The highest BCUT2D eigenvalue weighted by atomic mass is 32.1. The van der Waals surface area contributed by atoms with Crippen LogP contribution in [0.3, 0.4) is 0 Å². The number of nitrogens with one attached hydrogen (secondary N) is 1. The first-order valence-corrected chi connectivity index (χ1v) is 7.58. The number of rotatable bonds is 4. The Hall–Kier alpha value is -1.73. The molecule has 2 atom stereocenters. The number of aromatic nitrogens is 3. The minimum Gasteiger partial charge on any atom is -0.346 e. The number of amides is 1. The van der Waals surface area contributed by atoms with Crippen LogP contribution in [-0.4, -0.2) is 26.5 Å². The van der Waals surface area contributed by atoms with Gasteiger partial charge in [-0.2, -0.15) is 0 Å². The Bertz CT molecular complexity index is 579. The Morgan fingerprint density at radius 3 is 3.15 bits per heavy atom. The number of hydrogen-bond acceptors (Lipinski definition) is 5. The fourth-order valence-electron chi connectivity index (χ4n) is 2.68. The molecule has 0 bridgehead atoms. The summed E-state index contributed by atoms with van der Waals surface area (Å²) in [6, 6.07) is 0.425. The van der Waals surface area contributed by atoms with E-state index in [9.17, 15) is 4.79 Å². The van der Waals surface area contributed by atoms with Crippen LogP contribution in [-0.2, 0) is 6.54 Å². The smallest absolute Gasteiger partial charge is 0.271 e. The molecular formula is C13H17N5OS. The van der Waals surface area contributed by atoms with E-state index in [1.807, 2.05) is 12.5 Å². The molecule has 2 unspecified atom stereocenters. The van der Waals surface area contributed by atoms with Gasteiger partial charge in [-0.1, -0.05) is 0 Å². The lowest BCUT2D eigenvalue weighted by Crippen LogP contribution is -2.38. The molecule has 2 heterocycles. The van der Waals surface area contributed by atoms with Gasteiger partial charge in [-0.25, -0.2) is 9.97 Å². The Labute approximate surface area is 121 Å². The van der Waals surface area contributed by atoms with Crippen molar-refractivity contribution in [3.05, 3.63) is 34.8 Å². The highest BCUT2D eigenvalue weighted by Crippen LogP contribution is 2.30. The van der Waals surface area contributed by atoms with Crippen molar-refractivity contribution in [3.63, 3.8) is 0 Å². The highest BCUT2D eigenvalue weighted by Gasteiger charge is 2.30. The van der Waals surface area contributed by atoms with Gasteiger partial charge >= 0.3 is 0 Å². The first-order valence-electron chi connectivity index (χ1n) is 6.70. The molecule has 1 aliphatic rings. The summed E-state index contributed by atoms with van der Waals surface area (Å²) in [4.78, 5) is 20.5. The van der Waals surface area contributed by atoms with Crippen molar-refractivity contribution in [2.75, 3.05) is 0 Å². The monoisotopic (exact) mass is 291 g/mol. The molecule has 1 amide bonds. The summed E-state index contributed by atoms with van der Waals surface area (Å²) in [5.74, 6) is -0.113. The summed E-state index contributed by atoms with van der Waals surface area (Å²) < 4.78 is 2.07. The average molecular weight is 291 g/mol. The molecule has 0 aliphatic heterocycles. The van der Waals surface area contributed by atoms with Gasteiger partial charge in [0, 0.05) is 30.4 Å². The normalized spacial score (nSPS) is 22.1. The molecule has 6 nitrogen and oxygen atoms in total. The molecule has 0 spiro atoms. The van der Waals surface area contributed by atoms with E-state index in [1.54, 1.807) is 11.6 Å². The molecule has 0 aromatic carbocycles.